The zero-order chi connectivity index (χ0) is 10.6. The summed E-state index contributed by atoms with van der Waals surface area (Å²) in [6.07, 6.45) is 0.331. The molecule has 1 atom stereocenters. The molecule has 0 radical (unpaired) electrons. The average molecular weight is 251 g/mol. The van der Waals surface area contributed by atoms with E-state index in [0.717, 1.165) is 5.56 Å². The molecule has 5 heteroatoms. The number of benzene rings is 1. The Balaban J connectivity index is 2.69. The van der Waals surface area contributed by atoms with E-state index in [9.17, 15) is 4.89 Å². The Morgan fingerprint density at radius 3 is 2.50 bits per heavy atom. The third-order valence-corrected chi connectivity index (χ3v) is 4.14. The van der Waals surface area contributed by atoms with Gasteiger partial charge < -0.3 is 9.42 Å². The van der Waals surface area contributed by atoms with E-state index >= 15 is 0 Å². The van der Waals surface area contributed by atoms with Gasteiger partial charge in [0.25, 0.3) is 0 Å². The minimum Gasteiger partial charge on any atom is -0.444 e. The molecule has 0 saturated heterocycles. The first-order chi connectivity index (χ1) is 6.53. The van der Waals surface area contributed by atoms with E-state index in [2.05, 4.69) is 0 Å². The lowest BCUT2D eigenvalue weighted by Gasteiger charge is -2.15. The lowest BCUT2D eigenvalue weighted by Crippen LogP contribution is -1.97. The van der Waals surface area contributed by atoms with Crippen LogP contribution < -0.4 is 4.52 Å². The summed E-state index contributed by atoms with van der Waals surface area (Å²) in [5.41, 5.74) is 1.14. The van der Waals surface area contributed by atoms with Crippen LogP contribution in [0, 0.1) is 6.92 Å². The molecule has 1 N–H and O–H groups in total. The summed E-state index contributed by atoms with van der Waals surface area (Å²) in [5.74, 6) is 0.922. The molecule has 2 nitrogen and oxygen atoms in total. The molecule has 0 aliphatic carbocycles. The molecular formula is C9H12ClO2PS. The zero-order valence-electron chi connectivity index (χ0n) is 7.81. The molecule has 0 spiro atoms. The Morgan fingerprint density at radius 1 is 1.43 bits per heavy atom. The van der Waals surface area contributed by atoms with Gasteiger partial charge in [0.2, 0.25) is 6.49 Å². The fourth-order valence-electron chi connectivity index (χ4n) is 0.916. The van der Waals surface area contributed by atoms with E-state index in [1.54, 1.807) is 12.1 Å². The van der Waals surface area contributed by atoms with Gasteiger partial charge in [-0.3, -0.25) is 0 Å². The first-order valence-corrected chi connectivity index (χ1v) is 7.57. The molecule has 1 rings (SSSR count). The molecule has 1 aromatic carbocycles. The van der Waals surface area contributed by atoms with Crippen molar-refractivity contribution in [2.24, 2.45) is 0 Å². The Labute approximate surface area is 94.0 Å². The van der Waals surface area contributed by atoms with Crippen LogP contribution in [0.2, 0.25) is 0 Å². The number of aryl methyl sites for hydroxylation is 1. The van der Waals surface area contributed by atoms with Crippen LogP contribution in [-0.4, -0.2) is 16.9 Å². The summed E-state index contributed by atoms with van der Waals surface area (Å²) in [5, 5.41) is 0. The molecule has 1 aromatic rings. The van der Waals surface area contributed by atoms with Crippen molar-refractivity contribution in [2.45, 2.75) is 6.92 Å². The van der Waals surface area contributed by atoms with Crippen LogP contribution in [-0.2, 0) is 11.8 Å². The van der Waals surface area contributed by atoms with Gasteiger partial charge in [0.15, 0.2) is 0 Å². The van der Waals surface area contributed by atoms with Crippen LogP contribution in [0.4, 0.5) is 0 Å². The van der Waals surface area contributed by atoms with Crippen LogP contribution in [0.1, 0.15) is 5.56 Å². The van der Waals surface area contributed by atoms with Gasteiger partial charge in [-0.25, -0.2) is 0 Å². The number of rotatable bonds is 4. The molecule has 14 heavy (non-hydrogen) atoms. The minimum absolute atomic E-state index is 0.319. The van der Waals surface area contributed by atoms with E-state index in [4.69, 9.17) is 27.9 Å². The fraction of sp³-hybridized carbons (Fsp3) is 0.333. The summed E-state index contributed by atoms with van der Waals surface area (Å²) >= 11 is 10.4. The highest BCUT2D eigenvalue weighted by Gasteiger charge is 2.13. The number of halogens is 1. The molecule has 0 aliphatic rings. The van der Waals surface area contributed by atoms with Gasteiger partial charge in [-0.15, -0.1) is 11.6 Å². The second-order valence-corrected chi connectivity index (χ2v) is 6.95. The smallest absolute Gasteiger partial charge is 0.236 e. The quantitative estimate of drug-likeness (QED) is 0.658. The third-order valence-electron chi connectivity index (χ3n) is 1.64. The molecule has 0 heterocycles. The predicted molar refractivity (Wildman–Crippen MR) is 63.9 cm³/mol. The normalized spacial score (nSPS) is 14.8. The second-order valence-electron chi connectivity index (χ2n) is 2.95. The summed E-state index contributed by atoms with van der Waals surface area (Å²) in [6, 6.07) is 7.40. The monoisotopic (exact) mass is 250 g/mol. The second kappa shape index (κ2) is 5.13. The van der Waals surface area contributed by atoms with Crippen LogP contribution in [0.5, 0.6) is 5.75 Å². The Bertz CT molecular complexity index is 339. The van der Waals surface area contributed by atoms with Crippen LogP contribution in [0.25, 0.3) is 0 Å². The van der Waals surface area contributed by atoms with E-state index < -0.39 is 6.49 Å². The Morgan fingerprint density at radius 2 is 2.00 bits per heavy atom. The first kappa shape index (κ1) is 12.0. The van der Waals surface area contributed by atoms with Gasteiger partial charge in [-0.2, -0.15) is 0 Å². The van der Waals surface area contributed by atoms with Crippen molar-refractivity contribution in [1.82, 2.24) is 0 Å². The van der Waals surface area contributed by atoms with E-state index in [-0.39, 0.29) is 0 Å². The number of hydrogen-bond donors (Lipinski definition) is 1. The highest BCUT2D eigenvalue weighted by atomic mass is 35.5. The Hall–Kier alpha value is -0.0800. The molecule has 0 fully saturated rings. The molecule has 0 aromatic heterocycles. The van der Waals surface area contributed by atoms with E-state index in [1.165, 1.54) is 0 Å². The first-order valence-electron chi connectivity index (χ1n) is 4.17. The highest BCUT2D eigenvalue weighted by Crippen LogP contribution is 2.42. The van der Waals surface area contributed by atoms with Crippen LogP contribution in [0.15, 0.2) is 24.3 Å². The highest BCUT2D eigenvalue weighted by molar-refractivity contribution is 8.09. The SMILES string of the molecule is Cc1ccc(OP(O)(=S)CCCl)cc1. The molecule has 0 aliphatic heterocycles. The summed E-state index contributed by atoms with van der Waals surface area (Å²) in [4.78, 5) is 9.66. The maximum absolute atomic E-state index is 9.66. The number of alkyl halides is 1. The van der Waals surface area contributed by atoms with E-state index in [1.807, 2.05) is 19.1 Å². The van der Waals surface area contributed by atoms with Gasteiger partial charge in [-0.1, -0.05) is 17.7 Å². The minimum atomic E-state index is -2.73. The van der Waals surface area contributed by atoms with Crippen molar-refractivity contribution in [1.29, 1.82) is 0 Å². The van der Waals surface area contributed by atoms with Crippen molar-refractivity contribution in [3.63, 3.8) is 0 Å². The Kier molecular flexibility index (Phi) is 4.39. The fourth-order valence-corrected chi connectivity index (χ4v) is 3.19. The van der Waals surface area contributed by atoms with Crippen LogP contribution in [0.3, 0.4) is 0 Å². The summed E-state index contributed by atoms with van der Waals surface area (Å²) < 4.78 is 5.29. The topological polar surface area (TPSA) is 29.5 Å². The average Bonchev–Trinajstić information content (AvgIpc) is 2.08. The predicted octanol–water partition coefficient (Wildman–Crippen LogP) is 2.91. The van der Waals surface area contributed by atoms with Gasteiger partial charge in [0, 0.05) is 12.0 Å². The van der Waals surface area contributed by atoms with Crippen molar-refractivity contribution >= 4 is 29.9 Å². The molecule has 78 valence electrons. The summed E-state index contributed by atoms with van der Waals surface area (Å²) in [6.45, 7) is -0.744. The van der Waals surface area contributed by atoms with Gasteiger partial charge in [-0.05, 0) is 30.9 Å². The van der Waals surface area contributed by atoms with Gasteiger partial charge >= 0.3 is 0 Å². The van der Waals surface area contributed by atoms with Gasteiger partial charge in [0.1, 0.15) is 5.75 Å². The zero-order valence-corrected chi connectivity index (χ0v) is 10.3. The molecule has 0 amide bonds. The molecule has 1 unspecified atom stereocenters. The van der Waals surface area contributed by atoms with Crippen molar-refractivity contribution in [2.75, 3.05) is 12.0 Å². The number of hydrogen-bond acceptors (Lipinski definition) is 2. The standard InChI is InChI=1S/C9H12ClO2PS/c1-8-2-4-9(5-3-8)12-13(11,14)7-6-10/h2-5H,6-7H2,1H3,(H,11,14). The maximum Gasteiger partial charge on any atom is 0.236 e. The maximum atomic E-state index is 9.66. The summed E-state index contributed by atoms with van der Waals surface area (Å²) in [7, 11) is 0. The largest absolute Gasteiger partial charge is 0.444 e. The molecule has 0 bridgehead atoms. The van der Waals surface area contributed by atoms with E-state index in [0.29, 0.717) is 17.8 Å². The molecule has 0 saturated carbocycles. The van der Waals surface area contributed by atoms with Crippen molar-refractivity contribution in [3.8, 4) is 5.75 Å². The van der Waals surface area contributed by atoms with Crippen molar-refractivity contribution in [3.05, 3.63) is 29.8 Å². The van der Waals surface area contributed by atoms with Crippen LogP contribution >= 0.6 is 18.1 Å². The molecular weight excluding hydrogens is 239 g/mol. The third kappa shape index (κ3) is 3.97. The van der Waals surface area contributed by atoms with Crippen molar-refractivity contribution < 1.29 is 9.42 Å². The van der Waals surface area contributed by atoms with Gasteiger partial charge in [0.05, 0.1) is 0 Å². The lowest BCUT2D eigenvalue weighted by atomic mass is 10.2. The lowest BCUT2D eigenvalue weighted by molar-refractivity contribution is 0.484.